The summed E-state index contributed by atoms with van der Waals surface area (Å²) in [5, 5.41) is 9.83. The molecule has 1 aromatic rings. The molecule has 0 aromatic heterocycles. The fourth-order valence-corrected chi connectivity index (χ4v) is 3.78. The molecular formula is C18H22ClN3. The minimum absolute atomic E-state index is 0.582. The molecule has 0 unspecified atom stereocenters. The molecule has 1 saturated heterocycles. The SMILES string of the molecule is N#Cc1cc(Cl)ccc1CN=C1CCCN1C1CCCCC1. The molecule has 1 aliphatic carbocycles. The molecule has 1 saturated carbocycles. The molecule has 1 aromatic carbocycles. The lowest BCUT2D eigenvalue weighted by atomic mass is 9.94. The second-order valence-corrected chi connectivity index (χ2v) is 6.67. The summed E-state index contributed by atoms with van der Waals surface area (Å²) in [7, 11) is 0. The number of benzene rings is 1. The van der Waals surface area contributed by atoms with Crippen LogP contribution in [0.2, 0.25) is 5.02 Å². The van der Waals surface area contributed by atoms with Crippen LogP contribution < -0.4 is 0 Å². The normalized spacial score (nSPS) is 21.3. The maximum Gasteiger partial charge on any atom is 0.0996 e. The van der Waals surface area contributed by atoms with Gasteiger partial charge in [-0.25, -0.2) is 0 Å². The van der Waals surface area contributed by atoms with E-state index in [1.54, 1.807) is 6.07 Å². The monoisotopic (exact) mass is 315 g/mol. The molecule has 0 atom stereocenters. The van der Waals surface area contributed by atoms with Crippen molar-refractivity contribution in [3.8, 4) is 6.07 Å². The smallest absolute Gasteiger partial charge is 0.0996 e. The van der Waals surface area contributed by atoms with E-state index in [-0.39, 0.29) is 0 Å². The lowest BCUT2D eigenvalue weighted by molar-refractivity contribution is 0.258. The zero-order valence-corrected chi connectivity index (χ0v) is 13.6. The van der Waals surface area contributed by atoms with Gasteiger partial charge < -0.3 is 4.90 Å². The van der Waals surface area contributed by atoms with Crippen molar-refractivity contribution in [2.45, 2.75) is 57.5 Å². The molecule has 0 amide bonds. The maximum absolute atomic E-state index is 9.22. The number of halogens is 1. The number of hydrogen-bond donors (Lipinski definition) is 0. The molecule has 0 N–H and O–H groups in total. The molecule has 2 aliphatic rings. The van der Waals surface area contributed by atoms with Gasteiger partial charge in [0.05, 0.1) is 24.0 Å². The van der Waals surface area contributed by atoms with Gasteiger partial charge in [0.25, 0.3) is 0 Å². The van der Waals surface area contributed by atoms with Crippen molar-refractivity contribution in [2.24, 2.45) is 4.99 Å². The van der Waals surface area contributed by atoms with Gasteiger partial charge in [-0.05, 0) is 37.0 Å². The number of likely N-dealkylation sites (tertiary alicyclic amines) is 1. The van der Waals surface area contributed by atoms with Crippen LogP contribution >= 0.6 is 11.6 Å². The van der Waals surface area contributed by atoms with Crippen molar-refractivity contribution < 1.29 is 0 Å². The first kappa shape index (κ1) is 15.4. The van der Waals surface area contributed by atoms with Crippen LogP contribution in [-0.4, -0.2) is 23.3 Å². The molecule has 22 heavy (non-hydrogen) atoms. The van der Waals surface area contributed by atoms with Crippen LogP contribution in [0.25, 0.3) is 0 Å². The number of nitriles is 1. The van der Waals surface area contributed by atoms with E-state index < -0.39 is 0 Å². The maximum atomic E-state index is 9.22. The van der Waals surface area contributed by atoms with Crippen LogP contribution in [0.15, 0.2) is 23.2 Å². The van der Waals surface area contributed by atoms with Crippen LogP contribution in [0.4, 0.5) is 0 Å². The second kappa shape index (κ2) is 7.15. The van der Waals surface area contributed by atoms with Crippen molar-refractivity contribution in [3.63, 3.8) is 0 Å². The third kappa shape index (κ3) is 3.44. The second-order valence-electron chi connectivity index (χ2n) is 6.23. The molecule has 4 heteroatoms. The van der Waals surface area contributed by atoms with Gasteiger partial charge in [0.1, 0.15) is 0 Å². The number of amidine groups is 1. The van der Waals surface area contributed by atoms with E-state index in [0.29, 0.717) is 23.2 Å². The quantitative estimate of drug-likeness (QED) is 0.821. The molecule has 2 fully saturated rings. The zero-order chi connectivity index (χ0) is 15.4. The number of aliphatic imine (C=N–C) groups is 1. The van der Waals surface area contributed by atoms with E-state index in [9.17, 15) is 5.26 Å². The van der Waals surface area contributed by atoms with Gasteiger partial charge in [-0.15, -0.1) is 0 Å². The predicted molar refractivity (Wildman–Crippen MR) is 90.1 cm³/mol. The van der Waals surface area contributed by atoms with Crippen LogP contribution in [-0.2, 0) is 6.54 Å². The van der Waals surface area contributed by atoms with Gasteiger partial charge in [-0.2, -0.15) is 5.26 Å². The fourth-order valence-electron chi connectivity index (χ4n) is 3.60. The number of rotatable bonds is 3. The third-order valence-electron chi connectivity index (χ3n) is 4.77. The van der Waals surface area contributed by atoms with E-state index in [2.05, 4.69) is 11.0 Å². The third-order valence-corrected chi connectivity index (χ3v) is 5.01. The minimum atomic E-state index is 0.582. The van der Waals surface area contributed by atoms with Crippen molar-refractivity contribution in [1.29, 1.82) is 5.26 Å². The van der Waals surface area contributed by atoms with Gasteiger partial charge in [0, 0.05) is 24.0 Å². The van der Waals surface area contributed by atoms with Crippen molar-refractivity contribution in [1.82, 2.24) is 4.90 Å². The van der Waals surface area contributed by atoms with Crippen LogP contribution in [0.3, 0.4) is 0 Å². The highest BCUT2D eigenvalue weighted by atomic mass is 35.5. The Labute approximate surface area is 137 Å². The van der Waals surface area contributed by atoms with Gasteiger partial charge in [0.2, 0.25) is 0 Å². The molecule has 1 aliphatic heterocycles. The van der Waals surface area contributed by atoms with Gasteiger partial charge in [0.15, 0.2) is 0 Å². The van der Waals surface area contributed by atoms with Crippen molar-refractivity contribution >= 4 is 17.4 Å². The topological polar surface area (TPSA) is 39.4 Å². The summed E-state index contributed by atoms with van der Waals surface area (Å²) in [6.07, 6.45) is 8.99. The summed E-state index contributed by atoms with van der Waals surface area (Å²) in [5.74, 6) is 1.24. The van der Waals surface area contributed by atoms with Crippen molar-refractivity contribution in [2.75, 3.05) is 6.54 Å². The fraction of sp³-hybridized carbons (Fsp3) is 0.556. The first-order valence-electron chi connectivity index (χ1n) is 8.26. The summed E-state index contributed by atoms with van der Waals surface area (Å²) >= 11 is 5.95. The molecule has 0 spiro atoms. The van der Waals surface area contributed by atoms with E-state index in [1.807, 2.05) is 12.1 Å². The highest BCUT2D eigenvalue weighted by Crippen LogP contribution is 2.27. The van der Waals surface area contributed by atoms with E-state index >= 15 is 0 Å². The zero-order valence-electron chi connectivity index (χ0n) is 12.9. The van der Waals surface area contributed by atoms with Gasteiger partial charge in [-0.1, -0.05) is 36.9 Å². The number of hydrogen-bond acceptors (Lipinski definition) is 2. The highest BCUT2D eigenvalue weighted by molar-refractivity contribution is 6.30. The Morgan fingerprint density at radius 1 is 1.23 bits per heavy atom. The Morgan fingerprint density at radius 2 is 2.05 bits per heavy atom. The average Bonchev–Trinajstić information content (AvgIpc) is 3.03. The largest absolute Gasteiger partial charge is 0.357 e. The molecule has 0 bridgehead atoms. The molecule has 0 radical (unpaired) electrons. The van der Waals surface area contributed by atoms with Crippen LogP contribution in [0, 0.1) is 11.3 Å². The summed E-state index contributed by atoms with van der Waals surface area (Å²) < 4.78 is 0. The summed E-state index contributed by atoms with van der Waals surface area (Å²) in [6, 6.07) is 8.40. The first-order chi connectivity index (χ1) is 10.8. The lowest BCUT2D eigenvalue weighted by Gasteiger charge is -2.33. The average molecular weight is 316 g/mol. The number of nitrogens with zero attached hydrogens (tertiary/aromatic N) is 3. The van der Waals surface area contributed by atoms with E-state index in [1.165, 1.54) is 44.4 Å². The Kier molecular flexibility index (Phi) is 5.00. The summed E-state index contributed by atoms with van der Waals surface area (Å²) in [4.78, 5) is 7.37. The molecular weight excluding hydrogens is 294 g/mol. The van der Waals surface area contributed by atoms with Crippen LogP contribution in [0.5, 0.6) is 0 Å². The Morgan fingerprint density at radius 3 is 2.82 bits per heavy atom. The van der Waals surface area contributed by atoms with Gasteiger partial charge >= 0.3 is 0 Å². The van der Waals surface area contributed by atoms with E-state index in [0.717, 1.165) is 18.5 Å². The highest BCUT2D eigenvalue weighted by Gasteiger charge is 2.27. The van der Waals surface area contributed by atoms with Crippen LogP contribution in [0.1, 0.15) is 56.1 Å². The first-order valence-corrected chi connectivity index (χ1v) is 8.64. The summed E-state index contributed by atoms with van der Waals surface area (Å²) in [5.41, 5.74) is 1.61. The molecule has 3 rings (SSSR count). The molecule has 116 valence electrons. The standard InChI is InChI=1S/C18H22ClN3/c19-16-9-8-14(15(11-16)12-20)13-21-18-7-4-10-22(18)17-5-2-1-3-6-17/h8-9,11,17H,1-7,10,13H2. The Balaban J connectivity index is 1.73. The Hall–Kier alpha value is -1.53. The molecule has 3 nitrogen and oxygen atoms in total. The van der Waals surface area contributed by atoms with E-state index in [4.69, 9.17) is 16.6 Å². The predicted octanol–water partition coefficient (Wildman–Crippen LogP) is 4.54. The van der Waals surface area contributed by atoms with Crippen molar-refractivity contribution in [3.05, 3.63) is 34.3 Å². The van der Waals surface area contributed by atoms with Gasteiger partial charge in [-0.3, -0.25) is 4.99 Å². The lowest BCUT2D eigenvalue weighted by Crippen LogP contribution is -2.37. The Bertz CT molecular complexity index is 597. The minimum Gasteiger partial charge on any atom is -0.357 e. The summed E-state index contributed by atoms with van der Waals surface area (Å²) in [6.45, 7) is 1.73. The molecule has 1 heterocycles.